The number of benzene rings is 1. The molecule has 25 heavy (non-hydrogen) atoms. The first-order chi connectivity index (χ1) is 11.9. The molecule has 0 N–H and O–H groups in total. The molecule has 0 radical (unpaired) electrons. The van der Waals surface area contributed by atoms with Crippen molar-refractivity contribution in [2.75, 3.05) is 6.61 Å². The Bertz CT molecular complexity index is 770. The summed E-state index contributed by atoms with van der Waals surface area (Å²) in [5, 5.41) is 3.99. The Labute approximate surface area is 146 Å². The van der Waals surface area contributed by atoms with Gasteiger partial charge in [0.05, 0.1) is 6.61 Å². The zero-order valence-electron chi connectivity index (χ0n) is 15.0. The molecule has 0 fully saturated rings. The largest absolute Gasteiger partial charge is 0.511 e. The Kier molecular flexibility index (Phi) is 6.10. The van der Waals surface area contributed by atoms with Crippen molar-refractivity contribution in [2.45, 2.75) is 34.0 Å². The van der Waals surface area contributed by atoms with Crippen LogP contribution in [0.15, 0.2) is 29.5 Å². The highest BCUT2D eigenvalue weighted by molar-refractivity contribution is 5.97. The third-order valence-corrected chi connectivity index (χ3v) is 3.30. The van der Waals surface area contributed by atoms with Crippen LogP contribution in [-0.4, -0.2) is 39.7 Å². The van der Waals surface area contributed by atoms with Gasteiger partial charge in [0.15, 0.2) is 0 Å². The van der Waals surface area contributed by atoms with E-state index in [4.69, 9.17) is 14.2 Å². The van der Waals surface area contributed by atoms with Crippen molar-refractivity contribution >= 4 is 18.0 Å². The van der Waals surface area contributed by atoms with Gasteiger partial charge >= 0.3 is 6.16 Å². The van der Waals surface area contributed by atoms with Crippen molar-refractivity contribution in [3.8, 4) is 0 Å². The molecular weight excluding hydrogens is 324 g/mol. The van der Waals surface area contributed by atoms with Gasteiger partial charge in [-0.25, -0.2) is 9.48 Å². The highest BCUT2D eigenvalue weighted by Gasteiger charge is 2.18. The number of aryl methyl sites for hydroxylation is 3. The standard InChI is InChI=1S/C17H22N4O4/c1-6-23-17(22)25-13(4)24-15(20-16-18-10-19-21(16)5)14-8-7-11(2)9-12(14)3/h7-10,13H,6H2,1-5H3. The third kappa shape index (κ3) is 5.03. The molecule has 134 valence electrons. The average molecular weight is 346 g/mol. The molecule has 1 heterocycles. The minimum absolute atomic E-state index is 0.225. The average Bonchev–Trinajstić information content (AvgIpc) is 2.92. The molecule has 0 amide bonds. The van der Waals surface area contributed by atoms with Gasteiger partial charge in [0.1, 0.15) is 6.33 Å². The van der Waals surface area contributed by atoms with E-state index in [2.05, 4.69) is 15.1 Å². The number of rotatable bonds is 5. The summed E-state index contributed by atoms with van der Waals surface area (Å²) in [5.41, 5.74) is 2.87. The van der Waals surface area contributed by atoms with Crippen LogP contribution in [0.4, 0.5) is 10.7 Å². The predicted octanol–water partition coefficient (Wildman–Crippen LogP) is 3.05. The third-order valence-electron chi connectivity index (χ3n) is 3.30. The number of hydrogen-bond donors (Lipinski definition) is 0. The van der Waals surface area contributed by atoms with Crippen molar-refractivity contribution in [1.29, 1.82) is 0 Å². The van der Waals surface area contributed by atoms with E-state index in [0.29, 0.717) is 5.95 Å². The second-order valence-electron chi connectivity index (χ2n) is 5.41. The van der Waals surface area contributed by atoms with Crippen LogP contribution in [0.3, 0.4) is 0 Å². The summed E-state index contributed by atoms with van der Waals surface area (Å²) < 4.78 is 17.1. The Balaban J connectivity index is 2.31. The van der Waals surface area contributed by atoms with Crippen LogP contribution >= 0.6 is 0 Å². The number of hydrogen-bond acceptors (Lipinski definition) is 7. The van der Waals surface area contributed by atoms with E-state index in [1.54, 1.807) is 20.9 Å². The van der Waals surface area contributed by atoms with Crippen LogP contribution in [0.25, 0.3) is 0 Å². The molecule has 1 aromatic carbocycles. The molecule has 8 heteroatoms. The fourth-order valence-electron chi connectivity index (χ4n) is 2.15. The molecule has 1 aromatic heterocycles. The molecule has 0 bridgehead atoms. The van der Waals surface area contributed by atoms with Crippen molar-refractivity contribution in [3.63, 3.8) is 0 Å². The SMILES string of the molecule is CCOC(=O)OC(C)OC(=Nc1ncnn1C)c1ccc(C)cc1C. The molecule has 0 spiro atoms. The maximum absolute atomic E-state index is 11.5. The van der Waals surface area contributed by atoms with Gasteiger partial charge in [-0.05, 0) is 32.4 Å². The van der Waals surface area contributed by atoms with E-state index >= 15 is 0 Å². The lowest BCUT2D eigenvalue weighted by atomic mass is 10.1. The number of aliphatic imine (C=N–C) groups is 1. The number of aromatic nitrogens is 3. The van der Waals surface area contributed by atoms with Crippen molar-refractivity contribution < 1.29 is 19.0 Å². The normalized spacial score (nSPS) is 12.6. The number of nitrogens with zero attached hydrogens (tertiary/aromatic N) is 4. The van der Waals surface area contributed by atoms with Gasteiger partial charge in [0.2, 0.25) is 12.2 Å². The van der Waals surface area contributed by atoms with Crippen LogP contribution in [-0.2, 0) is 21.3 Å². The van der Waals surface area contributed by atoms with Crippen LogP contribution in [0.5, 0.6) is 0 Å². The van der Waals surface area contributed by atoms with Gasteiger partial charge in [-0.2, -0.15) is 15.1 Å². The fraction of sp³-hybridized carbons (Fsp3) is 0.412. The molecule has 0 aliphatic rings. The summed E-state index contributed by atoms with van der Waals surface area (Å²) in [6.07, 6.45) is -0.280. The lowest BCUT2D eigenvalue weighted by molar-refractivity contribution is -0.0582. The molecular formula is C17H22N4O4. The molecule has 2 rings (SSSR count). The number of ether oxygens (including phenoxy) is 3. The van der Waals surface area contributed by atoms with Crippen LogP contribution in [0, 0.1) is 13.8 Å². The first kappa shape index (κ1) is 18.4. The lowest BCUT2D eigenvalue weighted by Crippen LogP contribution is -2.23. The molecule has 2 aromatic rings. The van der Waals surface area contributed by atoms with E-state index in [1.165, 1.54) is 11.0 Å². The second-order valence-corrected chi connectivity index (χ2v) is 5.41. The summed E-state index contributed by atoms with van der Waals surface area (Å²) >= 11 is 0. The minimum atomic E-state index is -0.883. The maximum Gasteiger partial charge on any atom is 0.511 e. The van der Waals surface area contributed by atoms with E-state index in [-0.39, 0.29) is 12.5 Å². The minimum Gasteiger partial charge on any atom is -0.437 e. The zero-order valence-corrected chi connectivity index (χ0v) is 15.0. The highest BCUT2D eigenvalue weighted by atomic mass is 16.8. The van der Waals surface area contributed by atoms with Gasteiger partial charge in [0, 0.05) is 19.5 Å². The molecule has 0 aliphatic heterocycles. The first-order valence-electron chi connectivity index (χ1n) is 7.91. The van der Waals surface area contributed by atoms with Crippen molar-refractivity contribution in [3.05, 3.63) is 41.2 Å². The summed E-state index contributed by atoms with van der Waals surface area (Å²) in [4.78, 5) is 20.0. The second kappa shape index (κ2) is 8.27. The van der Waals surface area contributed by atoms with Crippen LogP contribution in [0.2, 0.25) is 0 Å². The molecule has 0 aliphatic carbocycles. The van der Waals surface area contributed by atoms with Gasteiger partial charge < -0.3 is 14.2 Å². The maximum atomic E-state index is 11.5. The topological polar surface area (TPSA) is 87.8 Å². The van der Waals surface area contributed by atoms with E-state index < -0.39 is 12.4 Å². The number of carbonyl (C=O) groups excluding carboxylic acids is 1. The predicted molar refractivity (Wildman–Crippen MR) is 91.8 cm³/mol. The summed E-state index contributed by atoms with van der Waals surface area (Å²) in [6, 6.07) is 5.87. The Morgan fingerprint density at radius 1 is 1.32 bits per heavy atom. The summed E-state index contributed by atoms with van der Waals surface area (Å²) in [7, 11) is 1.73. The van der Waals surface area contributed by atoms with Gasteiger partial charge in [-0.15, -0.1) is 0 Å². The number of carbonyl (C=O) groups is 1. The van der Waals surface area contributed by atoms with E-state index in [1.807, 2.05) is 32.0 Å². The fourth-order valence-corrected chi connectivity index (χ4v) is 2.15. The Hall–Kier alpha value is -2.90. The Morgan fingerprint density at radius 2 is 2.08 bits per heavy atom. The summed E-state index contributed by atoms with van der Waals surface area (Å²) in [5.74, 6) is 0.656. The molecule has 0 saturated carbocycles. The first-order valence-corrected chi connectivity index (χ1v) is 7.91. The summed E-state index contributed by atoms with van der Waals surface area (Å²) in [6.45, 7) is 7.47. The van der Waals surface area contributed by atoms with Crippen molar-refractivity contribution in [2.24, 2.45) is 12.0 Å². The molecule has 1 atom stereocenters. The van der Waals surface area contributed by atoms with Crippen LogP contribution in [0.1, 0.15) is 30.5 Å². The van der Waals surface area contributed by atoms with Crippen LogP contribution < -0.4 is 0 Å². The zero-order chi connectivity index (χ0) is 18.4. The van der Waals surface area contributed by atoms with E-state index in [9.17, 15) is 4.79 Å². The smallest absolute Gasteiger partial charge is 0.437 e. The molecule has 8 nitrogen and oxygen atoms in total. The van der Waals surface area contributed by atoms with E-state index in [0.717, 1.165) is 16.7 Å². The van der Waals surface area contributed by atoms with Crippen molar-refractivity contribution in [1.82, 2.24) is 14.8 Å². The van der Waals surface area contributed by atoms with Gasteiger partial charge in [0.25, 0.3) is 5.95 Å². The molecule has 0 saturated heterocycles. The Morgan fingerprint density at radius 3 is 2.68 bits per heavy atom. The van der Waals surface area contributed by atoms with Gasteiger partial charge in [-0.1, -0.05) is 17.7 Å². The quantitative estimate of drug-likeness (QED) is 0.358. The monoisotopic (exact) mass is 346 g/mol. The highest BCUT2D eigenvalue weighted by Crippen LogP contribution is 2.17. The molecule has 1 unspecified atom stereocenters. The lowest BCUT2D eigenvalue weighted by Gasteiger charge is -2.17. The van der Waals surface area contributed by atoms with Gasteiger partial charge in [-0.3, -0.25) is 0 Å².